The van der Waals surface area contributed by atoms with Crippen LogP contribution in [-0.2, 0) is 6.54 Å². The standard InChI is InChI=1S/C12H16BrNO/c1-2-9-6-11(9)14-7-8-3-4-12(15)10(13)5-8/h3-5,9,11,14-15H,2,6-7H2,1H3. The molecule has 0 saturated heterocycles. The molecule has 82 valence electrons. The van der Waals surface area contributed by atoms with Crippen molar-refractivity contribution in [2.24, 2.45) is 5.92 Å². The summed E-state index contributed by atoms with van der Waals surface area (Å²) >= 11 is 3.32. The van der Waals surface area contributed by atoms with Crippen LogP contribution in [0.1, 0.15) is 25.3 Å². The molecule has 1 aliphatic carbocycles. The fraction of sp³-hybridized carbons (Fsp3) is 0.500. The number of hydrogen-bond donors (Lipinski definition) is 2. The number of aromatic hydroxyl groups is 1. The summed E-state index contributed by atoms with van der Waals surface area (Å²) in [7, 11) is 0. The Balaban J connectivity index is 1.86. The number of halogens is 1. The number of hydrogen-bond acceptors (Lipinski definition) is 2. The van der Waals surface area contributed by atoms with Crippen LogP contribution in [0.25, 0.3) is 0 Å². The summed E-state index contributed by atoms with van der Waals surface area (Å²) in [6.07, 6.45) is 2.59. The van der Waals surface area contributed by atoms with Crippen molar-refractivity contribution in [3.63, 3.8) is 0 Å². The average Bonchev–Trinajstić information content (AvgIpc) is 2.98. The van der Waals surface area contributed by atoms with Crippen LogP contribution in [0.15, 0.2) is 22.7 Å². The van der Waals surface area contributed by atoms with Crippen LogP contribution >= 0.6 is 15.9 Å². The molecule has 2 N–H and O–H groups in total. The molecule has 2 atom stereocenters. The van der Waals surface area contributed by atoms with Gasteiger partial charge < -0.3 is 10.4 Å². The predicted molar refractivity (Wildman–Crippen MR) is 64.8 cm³/mol. The molecule has 3 heteroatoms. The summed E-state index contributed by atoms with van der Waals surface area (Å²) in [6.45, 7) is 3.13. The minimum absolute atomic E-state index is 0.302. The molecular weight excluding hydrogens is 254 g/mol. The van der Waals surface area contributed by atoms with Gasteiger partial charge in [-0.25, -0.2) is 0 Å². The lowest BCUT2D eigenvalue weighted by Crippen LogP contribution is -2.17. The fourth-order valence-electron chi connectivity index (χ4n) is 1.86. The molecule has 0 aromatic heterocycles. The highest BCUT2D eigenvalue weighted by molar-refractivity contribution is 9.10. The van der Waals surface area contributed by atoms with Crippen LogP contribution in [0, 0.1) is 5.92 Å². The van der Waals surface area contributed by atoms with E-state index in [0.29, 0.717) is 11.8 Å². The normalized spacial score (nSPS) is 24.1. The number of phenols is 1. The first kappa shape index (κ1) is 11.0. The van der Waals surface area contributed by atoms with Gasteiger partial charge in [-0.3, -0.25) is 0 Å². The van der Waals surface area contributed by atoms with E-state index >= 15 is 0 Å². The Morgan fingerprint density at radius 3 is 2.93 bits per heavy atom. The number of rotatable bonds is 4. The van der Waals surface area contributed by atoms with Crippen molar-refractivity contribution in [1.82, 2.24) is 5.32 Å². The lowest BCUT2D eigenvalue weighted by Gasteiger charge is -2.05. The molecule has 1 aliphatic rings. The number of benzene rings is 1. The maximum atomic E-state index is 9.35. The maximum absolute atomic E-state index is 9.35. The zero-order valence-corrected chi connectivity index (χ0v) is 10.4. The van der Waals surface area contributed by atoms with Crippen molar-refractivity contribution in [2.45, 2.75) is 32.4 Å². The van der Waals surface area contributed by atoms with Crippen LogP contribution < -0.4 is 5.32 Å². The van der Waals surface area contributed by atoms with Gasteiger partial charge in [0.2, 0.25) is 0 Å². The SMILES string of the molecule is CCC1CC1NCc1ccc(O)c(Br)c1. The Morgan fingerprint density at radius 1 is 1.53 bits per heavy atom. The van der Waals surface area contributed by atoms with Crippen LogP contribution in [0.2, 0.25) is 0 Å². The highest BCUT2D eigenvalue weighted by Gasteiger charge is 2.34. The van der Waals surface area contributed by atoms with E-state index in [-0.39, 0.29) is 0 Å². The van der Waals surface area contributed by atoms with E-state index in [9.17, 15) is 5.11 Å². The topological polar surface area (TPSA) is 32.3 Å². The summed E-state index contributed by atoms with van der Waals surface area (Å²) in [5.41, 5.74) is 1.21. The van der Waals surface area contributed by atoms with Gasteiger partial charge in [0, 0.05) is 12.6 Å². The van der Waals surface area contributed by atoms with Gasteiger partial charge in [0.25, 0.3) is 0 Å². The van der Waals surface area contributed by atoms with E-state index in [1.807, 2.05) is 12.1 Å². The Morgan fingerprint density at radius 2 is 2.33 bits per heavy atom. The van der Waals surface area contributed by atoms with Gasteiger partial charge in [-0.2, -0.15) is 0 Å². The Kier molecular flexibility index (Phi) is 3.32. The molecule has 0 aliphatic heterocycles. The van der Waals surface area contributed by atoms with E-state index in [4.69, 9.17) is 0 Å². The number of nitrogens with one attached hydrogen (secondary N) is 1. The van der Waals surface area contributed by atoms with E-state index in [0.717, 1.165) is 16.9 Å². The first-order valence-corrected chi connectivity index (χ1v) is 6.20. The molecular formula is C12H16BrNO. The van der Waals surface area contributed by atoms with Crippen molar-refractivity contribution in [1.29, 1.82) is 0 Å². The molecule has 1 aromatic rings. The monoisotopic (exact) mass is 269 g/mol. The molecule has 2 nitrogen and oxygen atoms in total. The van der Waals surface area contributed by atoms with E-state index in [2.05, 4.69) is 28.2 Å². The third kappa shape index (κ3) is 2.73. The van der Waals surface area contributed by atoms with Crippen LogP contribution in [0.4, 0.5) is 0 Å². The minimum atomic E-state index is 0.302. The highest BCUT2D eigenvalue weighted by atomic mass is 79.9. The summed E-state index contributed by atoms with van der Waals surface area (Å²) in [5, 5.41) is 12.9. The van der Waals surface area contributed by atoms with Gasteiger partial charge in [0.05, 0.1) is 4.47 Å². The minimum Gasteiger partial charge on any atom is -0.507 e. The summed E-state index contributed by atoms with van der Waals surface area (Å²) in [6, 6.07) is 6.36. The van der Waals surface area contributed by atoms with Gasteiger partial charge >= 0.3 is 0 Å². The van der Waals surface area contributed by atoms with E-state index in [1.54, 1.807) is 6.07 Å². The predicted octanol–water partition coefficient (Wildman–Crippen LogP) is 3.04. The number of phenolic OH excluding ortho intramolecular Hbond substituents is 1. The second kappa shape index (κ2) is 4.54. The molecule has 2 rings (SSSR count). The Bertz CT molecular complexity index is 353. The second-order valence-electron chi connectivity index (χ2n) is 4.18. The second-order valence-corrected chi connectivity index (χ2v) is 5.03. The van der Waals surface area contributed by atoms with Crippen LogP contribution in [0.3, 0.4) is 0 Å². The largest absolute Gasteiger partial charge is 0.507 e. The highest BCUT2D eigenvalue weighted by Crippen LogP contribution is 2.33. The molecule has 0 bridgehead atoms. The Hall–Kier alpha value is -0.540. The van der Waals surface area contributed by atoms with Crippen molar-refractivity contribution in [2.75, 3.05) is 0 Å². The average molecular weight is 270 g/mol. The van der Waals surface area contributed by atoms with Gasteiger partial charge in [-0.05, 0) is 46.0 Å². The summed E-state index contributed by atoms with van der Waals surface area (Å²) < 4.78 is 0.768. The van der Waals surface area contributed by atoms with Gasteiger partial charge in [0.1, 0.15) is 5.75 Å². The quantitative estimate of drug-likeness (QED) is 0.881. The molecule has 0 amide bonds. The maximum Gasteiger partial charge on any atom is 0.129 e. The van der Waals surface area contributed by atoms with Gasteiger partial charge in [0.15, 0.2) is 0 Å². The molecule has 0 heterocycles. The molecule has 1 fully saturated rings. The first-order chi connectivity index (χ1) is 7.20. The van der Waals surface area contributed by atoms with Crippen molar-refractivity contribution >= 4 is 15.9 Å². The van der Waals surface area contributed by atoms with Crippen molar-refractivity contribution in [3.8, 4) is 5.75 Å². The lowest BCUT2D eigenvalue weighted by molar-refractivity contribution is 0.471. The summed E-state index contributed by atoms with van der Waals surface area (Å²) in [4.78, 5) is 0. The molecule has 15 heavy (non-hydrogen) atoms. The third-order valence-corrected chi connectivity index (χ3v) is 3.66. The van der Waals surface area contributed by atoms with Crippen LogP contribution in [0.5, 0.6) is 5.75 Å². The summed E-state index contributed by atoms with van der Waals surface area (Å²) in [5.74, 6) is 1.18. The fourth-order valence-corrected chi connectivity index (χ4v) is 2.28. The first-order valence-electron chi connectivity index (χ1n) is 5.41. The lowest BCUT2D eigenvalue weighted by atomic mass is 10.2. The zero-order chi connectivity index (χ0) is 10.8. The van der Waals surface area contributed by atoms with Crippen molar-refractivity contribution in [3.05, 3.63) is 28.2 Å². The van der Waals surface area contributed by atoms with Gasteiger partial charge in [-0.15, -0.1) is 0 Å². The Labute approximate surface area is 98.8 Å². The molecule has 2 unspecified atom stereocenters. The van der Waals surface area contributed by atoms with Gasteiger partial charge in [-0.1, -0.05) is 19.4 Å². The molecule has 1 aromatic carbocycles. The molecule has 0 spiro atoms. The molecule has 1 saturated carbocycles. The smallest absolute Gasteiger partial charge is 0.129 e. The van der Waals surface area contributed by atoms with E-state index < -0.39 is 0 Å². The van der Waals surface area contributed by atoms with E-state index in [1.165, 1.54) is 18.4 Å². The third-order valence-electron chi connectivity index (χ3n) is 3.03. The molecule has 0 radical (unpaired) electrons. The zero-order valence-electron chi connectivity index (χ0n) is 8.83. The van der Waals surface area contributed by atoms with Crippen molar-refractivity contribution < 1.29 is 5.11 Å². The van der Waals surface area contributed by atoms with Crippen LogP contribution in [-0.4, -0.2) is 11.1 Å².